The van der Waals surface area contributed by atoms with E-state index in [4.69, 9.17) is 4.42 Å². The average molecular weight is 317 g/mol. The third kappa shape index (κ3) is 2.46. The van der Waals surface area contributed by atoms with E-state index in [1.165, 1.54) is 0 Å². The monoisotopic (exact) mass is 317 g/mol. The van der Waals surface area contributed by atoms with E-state index in [1.54, 1.807) is 25.3 Å². The molecule has 0 atom stereocenters. The number of hydrogen-bond donors (Lipinski definition) is 2. The van der Waals surface area contributed by atoms with Gasteiger partial charge in [0.15, 0.2) is 5.76 Å². The van der Waals surface area contributed by atoms with Crippen molar-refractivity contribution in [1.82, 2.24) is 10.4 Å². The van der Waals surface area contributed by atoms with Gasteiger partial charge in [0.05, 0.1) is 0 Å². The van der Waals surface area contributed by atoms with Crippen LogP contribution in [0.1, 0.15) is 23.2 Å². The van der Waals surface area contributed by atoms with Crippen molar-refractivity contribution in [2.75, 3.05) is 0 Å². The van der Waals surface area contributed by atoms with Crippen LogP contribution in [0.25, 0.3) is 21.7 Å². The molecule has 0 bridgehead atoms. The van der Waals surface area contributed by atoms with Gasteiger partial charge in [-0.3, -0.25) is 4.79 Å². The predicted molar refractivity (Wildman–Crippen MR) is 94.2 cm³/mol. The molecular weight excluding hydrogens is 302 g/mol. The van der Waals surface area contributed by atoms with Gasteiger partial charge in [0.1, 0.15) is 17.0 Å². The van der Waals surface area contributed by atoms with Crippen molar-refractivity contribution < 1.29 is 9.21 Å². The van der Waals surface area contributed by atoms with Crippen molar-refractivity contribution in [1.29, 1.82) is 0 Å². The number of benzene rings is 2. The first kappa shape index (κ1) is 14.3. The highest BCUT2D eigenvalue weighted by molar-refractivity contribution is 6.09. The summed E-state index contributed by atoms with van der Waals surface area (Å²) in [7, 11) is 0. The Morgan fingerprint density at radius 1 is 1.08 bits per heavy atom. The summed E-state index contributed by atoms with van der Waals surface area (Å²) in [5.41, 5.74) is 4.39. The van der Waals surface area contributed by atoms with E-state index in [9.17, 15) is 4.79 Å². The number of aromatic amines is 1. The van der Waals surface area contributed by atoms with Crippen LogP contribution in [0.5, 0.6) is 0 Å². The second kappa shape index (κ2) is 5.70. The maximum Gasteiger partial charge on any atom is 0.287 e. The molecule has 0 aliphatic rings. The van der Waals surface area contributed by atoms with E-state index in [0.717, 1.165) is 21.7 Å². The lowest BCUT2D eigenvalue weighted by Gasteiger charge is -1.98. The predicted octanol–water partition coefficient (Wildman–Crippen LogP) is 4.07. The molecule has 2 aromatic carbocycles. The molecule has 4 rings (SSSR count). The number of amides is 1. The van der Waals surface area contributed by atoms with E-state index in [0.29, 0.717) is 17.2 Å². The van der Waals surface area contributed by atoms with Crippen LogP contribution in [0.15, 0.2) is 70.3 Å². The van der Waals surface area contributed by atoms with E-state index < -0.39 is 0 Å². The van der Waals surface area contributed by atoms with Gasteiger partial charge in [0.2, 0.25) is 0 Å². The van der Waals surface area contributed by atoms with Crippen molar-refractivity contribution in [3.8, 4) is 0 Å². The third-order valence-electron chi connectivity index (χ3n) is 3.95. The number of carbonyl (C=O) groups is 1. The second-order valence-electron chi connectivity index (χ2n) is 5.53. The molecule has 0 radical (unpaired) electrons. The SMILES string of the molecule is C/C(=N/NC(=O)c1ccc[nH]1)c1cc2c(ccc3ccccc32)o1. The van der Waals surface area contributed by atoms with Gasteiger partial charge in [-0.15, -0.1) is 0 Å². The van der Waals surface area contributed by atoms with Gasteiger partial charge in [-0.2, -0.15) is 5.10 Å². The molecule has 0 aliphatic heterocycles. The zero-order valence-electron chi connectivity index (χ0n) is 13.0. The lowest BCUT2D eigenvalue weighted by molar-refractivity contribution is 0.0950. The zero-order valence-corrected chi connectivity index (χ0v) is 13.0. The normalized spacial score (nSPS) is 12.0. The van der Waals surface area contributed by atoms with Crippen LogP contribution in [0.4, 0.5) is 0 Å². The number of aromatic nitrogens is 1. The lowest BCUT2D eigenvalue weighted by Crippen LogP contribution is -2.19. The molecule has 2 aromatic heterocycles. The Morgan fingerprint density at radius 3 is 2.79 bits per heavy atom. The van der Waals surface area contributed by atoms with Crippen molar-refractivity contribution in [3.05, 3.63) is 72.2 Å². The first-order valence-corrected chi connectivity index (χ1v) is 7.62. The molecule has 4 aromatic rings. The molecule has 0 saturated carbocycles. The number of nitrogens with zero attached hydrogens (tertiary/aromatic N) is 1. The molecule has 0 fully saturated rings. The van der Waals surface area contributed by atoms with Crippen molar-refractivity contribution in [3.63, 3.8) is 0 Å². The molecule has 1 amide bonds. The third-order valence-corrected chi connectivity index (χ3v) is 3.95. The Morgan fingerprint density at radius 2 is 1.96 bits per heavy atom. The highest BCUT2D eigenvalue weighted by Crippen LogP contribution is 2.28. The smallest absolute Gasteiger partial charge is 0.287 e. The molecule has 5 heteroatoms. The van der Waals surface area contributed by atoms with Crippen molar-refractivity contribution in [2.24, 2.45) is 5.10 Å². The van der Waals surface area contributed by atoms with Crippen LogP contribution in [0.2, 0.25) is 0 Å². The van der Waals surface area contributed by atoms with Gasteiger partial charge >= 0.3 is 0 Å². The minimum absolute atomic E-state index is 0.291. The van der Waals surface area contributed by atoms with Crippen LogP contribution in [-0.2, 0) is 0 Å². The summed E-state index contributed by atoms with van der Waals surface area (Å²) in [6, 6.07) is 17.5. The summed E-state index contributed by atoms with van der Waals surface area (Å²) in [6.45, 7) is 1.80. The zero-order chi connectivity index (χ0) is 16.5. The molecule has 0 unspecified atom stereocenters. The minimum Gasteiger partial charge on any atom is -0.455 e. The van der Waals surface area contributed by atoms with E-state index in [1.807, 2.05) is 30.3 Å². The van der Waals surface area contributed by atoms with Gasteiger partial charge < -0.3 is 9.40 Å². The summed E-state index contributed by atoms with van der Waals surface area (Å²) in [4.78, 5) is 14.7. The maximum atomic E-state index is 11.9. The van der Waals surface area contributed by atoms with E-state index >= 15 is 0 Å². The number of hydrazone groups is 1. The Labute approximate surface area is 138 Å². The number of fused-ring (bicyclic) bond motifs is 3. The van der Waals surface area contributed by atoms with Crippen molar-refractivity contribution >= 4 is 33.4 Å². The molecule has 0 spiro atoms. The summed E-state index contributed by atoms with van der Waals surface area (Å²) in [6.07, 6.45) is 1.69. The second-order valence-corrected chi connectivity index (χ2v) is 5.53. The number of nitrogens with one attached hydrogen (secondary N) is 2. The molecule has 118 valence electrons. The minimum atomic E-state index is -0.291. The number of hydrogen-bond acceptors (Lipinski definition) is 3. The molecule has 0 aliphatic carbocycles. The quantitative estimate of drug-likeness (QED) is 0.442. The van der Waals surface area contributed by atoms with Crippen LogP contribution in [-0.4, -0.2) is 16.6 Å². The van der Waals surface area contributed by atoms with Gasteiger partial charge in [-0.25, -0.2) is 5.43 Å². The van der Waals surface area contributed by atoms with Crippen LogP contribution >= 0.6 is 0 Å². The Bertz CT molecular complexity index is 1060. The Kier molecular flexibility index (Phi) is 3.39. The Balaban J connectivity index is 1.67. The fraction of sp³-hybridized carbons (Fsp3) is 0.0526. The fourth-order valence-corrected chi connectivity index (χ4v) is 2.69. The molecule has 24 heavy (non-hydrogen) atoms. The van der Waals surface area contributed by atoms with E-state index in [2.05, 4.69) is 27.6 Å². The van der Waals surface area contributed by atoms with Gasteiger partial charge in [-0.1, -0.05) is 30.3 Å². The fourth-order valence-electron chi connectivity index (χ4n) is 2.69. The number of furan rings is 1. The summed E-state index contributed by atoms with van der Waals surface area (Å²) < 4.78 is 5.87. The first-order valence-electron chi connectivity index (χ1n) is 7.62. The molecule has 5 nitrogen and oxygen atoms in total. The van der Waals surface area contributed by atoms with Crippen LogP contribution in [0, 0.1) is 0 Å². The summed E-state index contributed by atoms with van der Waals surface area (Å²) in [5.74, 6) is 0.342. The van der Waals surface area contributed by atoms with Gasteiger partial charge in [0, 0.05) is 11.6 Å². The summed E-state index contributed by atoms with van der Waals surface area (Å²) in [5, 5.41) is 7.46. The molecule has 0 saturated heterocycles. The van der Waals surface area contributed by atoms with Gasteiger partial charge in [0.25, 0.3) is 5.91 Å². The number of H-pyrrole nitrogens is 1. The maximum absolute atomic E-state index is 11.9. The lowest BCUT2D eigenvalue weighted by atomic mass is 10.1. The number of rotatable bonds is 3. The van der Waals surface area contributed by atoms with Crippen molar-refractivity contribution in [2.45, 2.75) is 6.92 Å². The van der Waals surface area contributed by atoms with E-state index in [-0.39, 0.29) is 5.91 Å². The first-order chi connectivity index (χ1) is 11.7. The highest BCUT2D eigenvalue weighted by Gasteiger charge is 2.10. The summed E-state index contributed by atoms with van der Waals surface area (Å²) >= 11 is 0. The topological polar surface area (TPSA) is 70.4 Å². The molecular formula is C19H15N3O2. The van der Waals surface area contributed by atoms with Gasteiger partial charge in [-0.05, 0) is 42.0 Å². The largest absolute Gasteiger partial charge is 0.455 e. The van der Waals surface area contributed by atoms with Crippen LogP contribution < -0.4 is 5.43 Å². The number of carbonyl (C=O) groups excluding carboxylic acids is 1. The van der Waals surface area contributed by atoms with Crippen LogP contribution in [0.3, 0.4) is 0 Å². The standard InChI is InChI=1S/C19H15N3O2/c1-12(21-22-19(23)16-7-4-10-20-16)18-11-15-14-6-3-2-5-13(14)8-9-17(15)24-18/h2-11,20H,1H3,(H,22,23)/b21-12-. The molecule has 2 N–H and O–H groups in total. The average Bonchev–Trinajstić information content (AvgIpc) is 3.28. The highest BCUT2D eigenvalue weighted by atomic mass is 16.3. The molecule has 2 heterocycles. The Hall–Kier alpha value is -3.34.